The Hall–Kier alpha value is -0.120. The molecule has 0 spiro atoms. The molecule has 0 aliphatic carbocycles. The van der Waals surface area contributed by atoms with Gasteiger partial charge in [-0.25, -0.2) is 0 Å². The maximum absolute atomic E-state index is 8.71. The fourth-order valence-electron chi connectivity index (χ4n) is 1.38. The Morgan fingerprint density at radius 2 is 1.17 bits per heavy atom. The molecule has 0 aromatic carbocycles. The molecular weight excluding hydrogens is 156 g/mol. The first-order chi connectivity index (χ1) is 5.85. The van der Waals surface area contributed by atoms with Crippen LogP contribution in [0.25, 0.3) is 0 Å². The highest BCUT2D eigenvalue weighted by Crippen LogP contribution is 2.16. The Morgan fingerprint density at radius 3 is 1.50 bits per heavy atom. The molecule has 0 amide bonds. The van der Waals surface area contributed by atoms with Crippen LogP contribution < -0.4 is 0 Å². The van der Waals surface area contributed by atoms with Gasteiger partial charge in [0.2, 0.25) is 0 Å². The topological polar surface area (TPSA) is 60.7 Å². The van der Waals surface area contributed by atoms with Crippen LogP contribution in [-0.4, -0.2) is 35.1 Å². The molecule has 0 aromatic heterocycles. The van der Waals surface area contributed by atoms with Crippen LogP contribution in [0.2, 0.25) is 0 Å². The fourth-order valence-corrected chi connectivity index (χ4v) is 1.38. The van der Waals surface area contributed by atoms with Gasteiger partial charge in [-0.1, -0.05) is 0 Å². The third-order valence-corrected chi connectivity index (χ3v) is 2.08. The lowest BCUT2D eigenvalue weighted by Crippen LogP contribution is -2.05. The molecule has 0 saturated heterocycles. The van der Waals surface area contributed by atoms with E-state index >= 15 is 0 Å². The van der Waals surface area contributed by atoms with E-state index in [4.69, 9.17) is 15.3 Å². The first kappa shape index (κ1) is 11.9. The predicted octanol–water partition coefficient (Wildman–Crippen LogP) is 0.530. The lowest BCUT2D eigenvalue weighted by atomic mass is 9.95. The Balaban J connectivity index is 3.40. The van der Waals surface area contributed by atoms with Gasteiger partial charge in [0, 0.05) is 19.8 Å². The summed E-state index contributed by atoms with van der Waals surface area (Å²) in [5.74, 6) is 0.467. The van der Waals surface area contributed by atoms with Crippen molar-refractivity contribution >= 4 is 0 Å². The Kier molecular flexibility index (Phi) is 8.88. The normalized spacial score (nSPS) is 11.0. The van der Waals surface area contributed by atoms with Gasteiger partial charge in [0.25, 0.3) is 0 Å². The van der Waals surface area contributed by atoms with Crippen LogP contribution in [0, 0.1) is 5.92 Å². The highest BCUT2D eigenvalue weighted by Gasteiger charge is 2.06. The molecule has 0 bridgehead atoms. The van der Waals surface area contributed by atoms with Crippen LogP contribution in [0.1, 0.15) is 32.1 Å². The summed E-state index contributed by atoms with van der Waals surface area (Å²) in [6, 6.07) is 0. The van der Waals surface area contributed by atoms with Gasteiger partial charge in [0.15, 0.2) is 0 Å². The zero-order chi connectivity index (χ0) is 9.23. The molecule has 0 aliphatic rings. The molecule has 0 unspecified atom stereocenters. The van der Waals surface area contributed by atoms with Crippen molar-refractivity contribution in [2.45, 2.75) is 32.1 Å². The average Bonchev–Trinajstić information content (AvgIpc) is 2.10. The summed E-state index contributed by atoms with van der Waals surface area (Å²) in [4.78, 5) is 0. The van der Waals surface area contributed by atoms with Gasteiger partial charge < -0.3 is 15.3 Å². The molecular formula is C9H20O3. The third-order valence-electron chi connectivity index (χ3n) is 2.08. The lowest BCUT2D eigenvalue weighted by Gasteiger charge is -2.13. The standard InChI is InChI=1S/C9H20O3/c10-6-1-3-9(5-8-12)4-2-7-11/h9-12H,1-8H2. The predicted molar refractivity (Wildman–Crippen MR) is 47.8 cm³/mol. The molecule has 0 aliphatic heterocycles. The largest absolute Gasteiger partial charge is 0.396 e. The molecule has 0 aromatic rings. The van der Waals surface area contributed by atoms with Crippen LogP contribution in [0.3, 0.4) is 0 Å². The minimum Gasteiger partial charge on any atom is -0.396 e. The van der Waals surface area contributed by atoms with Crippen LogP contribution in [0.5, 0.6) is 0 Å². The van der Waals surface area contributed by atoms with E-state index < -0.39 is 0 Å². The minimum absolute atomic E-state index is 0.210. The van der Waals surface area contributed by atoms with E-state index in [9.17, 15) is 0 Å². The van der Waals surface area contributed by atoms with E-state index in [0.717, 1.165) is 32.1 Å². The zero-order valence-corrected chi connectivity index (χ0v) is 7.58. The molecule has 0 radical (unpaired) electrons. The molecule has 0 rings (SSSR count). The van der Waals surface area contributed by atoms with Gasteiger partial charge in [-0.15, -0.1) is 0 Å². The zero-order valence-electron chi connectivity index (χ0n) is 7.58. The number of aliphatic hydroxyl groups excluding tert-OH is 3. The van der Waals surface area contributed by atoms with Crippen LogP contribution in [0.15, 0.2) is 0 Å². The van der Waals surface area contributed by atoms with Gasteiger partial charge in [0.1, 0.15) is 0 Å². The maximum atomic E-state index is 8.71. The van der Waals surface area contributed by atoms with Crippen molar-refractivity contribution in [1.82, 2.24) is 0 Å². The number of hydrogen-bond donors (Lipinski definition) is 3. The lowest BCUT2D eigenvalue weighted by molar-refractivity contribution is 0.212. The van der Waals surface area contributed by atoms with E-state index in [1.165, 1.54) is 0 Å². The summed E-state index contributed by atoms with van der Waals surface area (Å²) < 4.78 is 0. The van der Waals surface area contributed by atoms with E-state index in [0.29, 0.717) is 5.92 Å². The minimum atomic E-state index is 0.210. The SMILES string of the molecule is OCCCC(CCO)CCCO. The Morgan fingerprint density at radius 1 is 0.667 bits per heavy atom. The van der Waals surface area contributed by atoms with Crippen molar-refractivity contribution < 1.29 is 15.3 Å². The first-order valence-electron chi connectivity index (χ1n) is 4.67. The summed E-state index contributed by atoms with van der Waals surface area (Å²) in [6.07, 6.45) is 4.31. The molecule has 3 heteroatoms. The van der Waals surface area contributed by atoms with Gasteiger partial charge >= 0.3 is 0 Å². The van der Waals surface area contributed by atoms with Crippen molar-refractivity contribution in [1.29, 1.82) is 0 Å². The second kappa shape index (κ2) is 8.97. The highest BCUT2D eigenvalue weighted by atomic mass is 16.3. The van der Waals surface area contributed by atoms with Gasteiger partial charge in [-0.05, 0) is 38.0 Å². The van der Waals surface area contributed by atoms with E-state index in [-0.39, 0.29) is 19.8 Å². The second-order valence-electron chi connectivity index (χ2n) is 3.11. The molecule has 0 saturated carbocycles. The second-order valence-corrected chi connectivity index (χ2v) is 3.11. The summed E-state index contributed by atoms with van der Waals surface area (Å²) >= 11 is 0. The van der Waals surface area contributed by atoms with Crippen molar-refractivity contribution in [3.05, 3.63) is 0 Å². The smallest absolute Gasteiger partial charge is 0.0433 e. The average molecular weight is 176 g/mol. The van der Waals surface area contributed by atoms with Crippen LogP contribution in [0.4, 0.5) is 0 Å². The third kappa shape index (κ3) is 6.58. The van der Waals surface area contributed by atoms with Crippen molar-refractivity contribution in [3.8, 4) is 0 Å². The van der Waals surface area contributed by atoms with Crippen molar-refractivity contribution in [3.63, 3.8) is 0 Å². The molecule has 0 fully saturated rings. The molecule has 0 atom stereocenters. The van der Waals surface area contributed by atoms with Crippen LogP contribution in [-0.2, 0) is 0 Å². The van der Waals surface area contributed by atoms with Gasteiger partial charge in [0.05, 0.1) is 0 Å². The van der Waals surface area contributed by atoms with E-state index in [1.807, 2.05) is 0 Å². The van der Waals surface area contributed by atoms with Crippen LogP contribution >= 0.6 is 0 Å². The molecule has 0 heterocycles. The first-order valence-corrected chi connectivity index (χ1v) is 4.67. The highest BCUT2D eigenvalue weighted by molar-refractivity contribution is 4.59. The molecule has 12 heavy (non-hydrogen) atoms. The van der Waals surface area contributed by atoms with Crippen molar-refractivity contribution in [2.75, 3.05) is 19.8 Å². The van der Waals surface area contributed by atoms with Gasteiger partial charge in [-0.2, -0.15) is 0 Å². The molecule has 74 valence electrons. The number of hydrogen-bond acceptors (Lipinski definition) is 3. The Bertz CT molecular complexity index is 77.8. The van der Waals surface area contributed by atoms with Gasteiger partial charge in [-0.3, -0.25) is 0 Å². The molecule has 3 nitrogen and oxygen atoms in total. The van der Waals surface area contributed by atoms with E-state index in [1.54, 1.807) is 0 Å². The Labute approximate surface area is 74.0 Å². The summed E-state index contributed by atoms with van der Waals surface area (Å²) in [7, 11) is 0. The quantitative estimate of drug-likeness (QED) is 0.505. The summed E-state index contributed by atoms with van der Waals surface area (Å²) in [5, 5.41) is 25.9. The summed E-state index contributed by atoms with van der Waals surface area (Å²) in [6.45, 7) is 0.656. The summed E-state index contributed by atoms with van der Waals surface area (Å²) in [5.41, 5.74) is 0. The molecule has 3 N–H and O–H groups in total. The number of rotatable bonds is 8. The number of aliphatic hydroxyl groups is 3. The maximum Gasteiger partial charge on any atom is 0.0433 e. The fraction of sp³-hybridized carbons (Fsp3) is 1.00. The van der Waals surface area contributed by atoms with E-state index in [2.05, 4.69) is 0 Å². The van der Waals surface area contributed by atoms with Crippen molar-refractivity contribution in [2.24, 2.45) is 5.92 Å². The monoisotopic (exact) mass is 176 g/mol.